The van der Waals surface area contributed by atoms with Crippen LogP contribution in [0.25, 0.3) is 0 Å². The summed E-state index contributed by atoms with van der Waals surface area (Å²) >= 11 is 0. The molecule has 2 aromatic carbocycles. The maximum Gasteiger partial charge on any atom is 0.147 e. The molecule has 1 N–H and O–H groups in total. The molecule has 2 aromatic rings. The highest BCUT2D eigenvalue weighted by Gasteiger charge is 2.32. The van der Waals surface area contributed by atoms with Gasteiger partial charge in [-0.15, -0.1) is 0 Å². The minimum absolute atomic E-state index is 0.165. The van der Waals surface area contributed by atoms with Crippen molar-refractivity contribution in [1.82, 2.24) is 0 Å². The lowest BCUT2D eigenvalue weighted by Crippen LogP contribution is -2.07. The quantitative estimate of drug-likeness (QED) is 0.750. The van der Waals surface area contributed by atoms with Gasteiger partial charge in [0.2, 0.25) is 0 Å². The minimum Gasteiger partial charge on any atom is -0.457 e. The Kier molecular flexibility index (Phi) is 5.16. The molecule has 0 saturated heterocycles. The largest absolute Gasteiger partial charge is 0.457 e. The number of thiol groups is 1. The lowest BCUT2D eigenvalue weighted by molar-refractivity contribution is 0.286. The fourth-order valence-electron chi connectivity index (χ4n) is 2.88. The first-order valence-corrected chi connectivity index (χ1v) is 9.15. The Labute approximate surface area is 141 Å². The summed E-state index contributed by atoms with van der Waals surface area (Å²) in [6.45, 7) is -0.193. The molecular weight excluding hydrogens is 331 g/mol. The monoisotopic (exact) mass is 350 g/mol. The number of aliphatic hydroxyl groups excluding tert-OH is 1. The molecule has 128 valence electrons. The molecule has 1 atom stereocenters. The van der Waals surface area contributed by atoms with E-state index in [2.05, 4.69) is 0 Å². The van der Waals surface area contributed by atoms with E-state index in [-0.39, 0.29) is 24.8 Å². The van der Waals surface area contributed by atoms with Gasteiger partial charge in [0.1, 0.15) is 28.0 Å². The fraction of sp³-hybridized carbons (Fsp3) is 0.333. The molecule has 1 aliphatic rings. The number of rotatable bonds is 7. The van der Waals surface area contributed by atoms with Crippen LogP contribution >= 0.6 is 0 Å². The third-order valence-electron chi connectivity index (χ3n) is 4.14. The number of aliphatic hydroxyl groups is 1. The van der Waals surface area contributed by atoms with Crippen molar-refractivity contribution in [2.75, 3.05) is 6.61 Å². The van der Waals surface area contributed by atoms with E-state index in [1.807, 2.05) is 0 Å². The van der Waals surface area contributed by atoms with E-state index in [0.29, 0.717) is 17.1 Å². The van der Waals surface area contributed by atoms with Crippen molar-refractivity contribution in [3.05, 3.63) is 59.4 Å². The Morgan fingerprint density at radius 3 is 2.46 bits per heavy atom. The van der Waals surface area contributed by atoms with Gasteiger partial charge in [-0.1, -0.05) is 12.1 Å². The standard InChI is InChI=1S/C18H19FO4S/c19-13-6-8-14(9-7-13)23-16-3-1-2-15(18(16)12-4-5-12)17(10-11-20)24(21)22/h1-3,6-9,12,17,20,24H,4-5,10-11H2. The minimum atomic E-state index is -2.70. The summed E-state index contributed by atoms with van der Waals surface area (Å²) < 4.78 is 42.2. The van der Waals surface area contributed by atoms with E-state index in [4.69, 9.17) is 4.74 Å². The summed E-state index contributed by atoms with van der Waals surface area (Å²) in [7, 11) is -2.70. The van der Waals surface area contributed by atoms with Crippen LogP contribution in [0.15, 0.2) is 42.5 Å². The van der Waals surface area contributed by atoms with Gasteiger partial charge in [-0.2, -0.15) is 0 Å². The van der Waals surface area contributed by atoms with E-state index in [1.54, 1.807) is 18.2 Å². The molecule has 1 unspecified atom stereocenters. The van der Waals surface area contributed by atoms with Crippen molar-refractivity contribution in [3.63, 3.8) is 0 Å². The zero-order chi connectivity index (χ0) is 17.1. The zero-order valence-electron chi connectivity index (χ0n) is 13.0. The molecule has 1 aliphatic carbocycles. The number of benzene rings is 2. The number of halogens is 1. The van der Waals surface area contributed by atoms with Crippen LogP contribution < -0.4 is 4.74 Å². The Morgan fingerprint density at radius 1 is 1.17 bits per heavy atom. The van der Waals surface area contributed by atoms with Crippen molar-refractivity contribution >= 4 is 10.7 Å². The maximum absolute atomic E-state index is 13.0. The second-order valence-corrected chi connectivity index (χ2v) is 7.10. The van der Waals surface area contributed by atoms with Crippen LogP contribution in [-0.2, 0) is 10.7 Å². The van der Waals surface area contributed by atoms with Crippen LogP contribution in [-0.4, -0.2) is 20.1 Å². The van der Waals surface area contributed by atoms with Crippen molar-refractivity contribution in [2.45, 2.75) is 30.4 Å². The molecular formula is C18H19FO4S. The Bertz CT molecular complexity index is 774. The van der Waals surface area contributed by atoms with E-state index in [1.165, 1.54) is 24.3 Å². The summed E-state index contributed by atoms with van der Waals surface area (Å²) in [6.07, 6.45) is 2.13. The maximum atomic E-state index is 13.0. The topological polar surface area (TPSA) is 63.6 Å². The lowest BCUT2D eigenvalue weighted by Gasteiger charge is -2.18. The smallest absolute Gasteiger partial charge is 0.147 e. The predicted molar refractivity (Wildman–Crippen MR) is 89.6 cm³/mol. The van der Waals surface area contributed by atoms with Gasteiger partial charge in [-0.05, 0) is 61.1 Å². The van der Waals surface area contributed by atoms with Crippen molar-refractivity contribution < 1.29 is 22.7 Å². The van der Waals surface area contributed by atoms with Crippen molar-refractivity contribution in [3.8, 4) is 11.5 Å². The first kappa shape index (κ1) is 16.9. The molecule has 3 rings (SSSR count). The lowest BCUT2D eigenvalue weighted by atomic mass is 9.98. The van der Waals surface area contributed by atoms with Crippen LogP contribution in [0.2, 0.25) is 0 Å². The van der Waals surface area contributed by atoms with Gasteiger partial charge < -0.3 is 9.84 Å². The van der Waals surface area contributed by atoms with Gasteiger partial charge >= 0.3 is 0 Å². The summed E-state index contributed by atoms with van der Waals surface area (Å²) in [6, 6.07) is 11.1. The molecule has 0 bridgehead atoms. The normalized spacial score (nSPS) is 15.5. The summed E-state index contributed by atoms with van der Waals surface area (Å²) in [5.41, 5.74) is 1.58. The van der Waals surface area contributed by atoms with Crippen LogP contribution in [0.1, 0.15) is 41.6 Å². The van der Waals surface area contributed by atoms with Crippen LogP contribution in [0.4, 0.5) is 4.39 Å². The Balaban J connectivity index is 2.00. The summed E-state index contributed by atoms with van der Waals surface area (Å²) in [5, 5.41) is 8.46. The number of hydrogen-bond donors (Lipinski definition) is 2. The number of hydrogen-bond acceptors (Lipinski definition) is 4. The molecule has 0 heterocycles. The van der Waals surface area contributed by atoms with Gasteiger partial charge in [-0.25, -0.2) is 12.8 Å². The highest BCUT2D eigenvalue weighted by atomic mass is 32.2. The zero-order valence-corrected chi connectivity index (χ0v) is 13.9. The molecule has 0 spiro atoms. The van der Waals surface area contributed by atoms with E-state index >= 15 is 0 Å². The van der Waals surface area contributed by atoms with Gasteiger partial charge in [0.15, 0.2) is 0 Å². The Morgan fingerprint density at radius 2 is 1.88 bits per heavy atom. The fourth-order valence-corrected chi connectivity index (χ4v) is 3.65. The van der Waals surface area contributed by atoms with Gasteiger partial charge in [0.25, 0.3) is 0 Å². The SMILES string of the molecule is O=[SH](=O)C(CCO)c1cccc(Oc2ccc(F)cc2)c1C1CC1. The molecule has 0 amide bonds. The molecule has 1 saturated carbocycles. The van der Waals surface area contributed by atoms with Gasteiger partial charge in [0, 0.05) is 12.2 Å². The highest BCUT2D eigenvalue weighted by Crippen LogP contribution is 2.49. The van der Waals surface area contributed by atoms with Crippen LogP contribution in [0, 0.1) is 5.82 Å². The molecule has 0 radical (unpaired) electrons. The number of ether oxygens (including phenoxy) is 1. The van der Waals surface area contributed by atoms with E-state index < -0.39 is 16.0 Å². The average molecular weight is 350 g/mol. The molecule has 1 fully saturated rings. The van der Waals surface area contributed by atoms with E-state index in [0.717, 1.165) is 18.4 Å². The van der Waals surface area contributed by atoms with Crippen molar-refractivity contribution in [2.24, 2.45) is 0 Å². The molecule has 0 aliphatic heterocycles. The molecule has 24 heavy (non-hydrogen) atoms. The summed E-state index contributed by atoms with van der Waals surface area (Å²) in [4.78, 5) is 0. The van der Waals surface area contributed by atoms with E-state index in [9.17, 15) is 17.9 Å². The third-order valence-corrected chi connectivity index (χ3v) is 5.19. The van der Waals surface area contributed by atoms with Crippen molar-refractivity contribution in [1.29, 1.82) is 0 Å². The Hall–Kier alpha value is -1.92. The second kappa shape index (κ2) is 7.32. The highest BCUT2D eigenvalue weighted by molar-refractivity contribution is 7.72. The first-order chi connectivity index (χ1) is 11.6. The van der Waals surface area contributed by atoms with Crippen LogP contribution in [0.3, 0.4) is 0 Å². The molecule has 0 aromatic heterocycles. The van der Waals surface area contributed by atoms with Crippen LogP contribution in [0.5, 0.6) is 11.5 Å². The van der Waals surface area contributed by atoms with Gasteiger partial charge in [0.05, 0.1) is 5.25 Å². The predicted octanol–water partition coefficient (Wildman–Crippen LogP) is 3.53. The first-order valence-electron chi connectivity index (χ1n) is 7.90. The summed E-state index contributed by atoms with van der Waals surface area (Å²) in [5.74, 6) is 1.03. The van der Waals surface area contributed by atoms with Gasteiger partial charge in [-0.3, -0.25) is 0 Å². The molecule has 4 nitrogen and oxygen atoms in total. The second-order valence-electron chi connectivity index (χ2n) is 5.90. The average Bonchev–Trinajstić information content (AvgIpc) is 3.39. The molecule has 6 heteroatoms. The third kappa shape index (κ3) is 3.76.